The van der Waals surface area contributed by atoms with E-state index in [0.717, 1.165) is 83.3 Å². The molecule has 2 fully saturated rings. The SMILES string of the molecule is CCNC(=NCCN1CCN(C(=O)C2CCC2)CC1)NCCc1cc(C)ccc1OC. The van der Waals surface area contributed by atoms with Gasteiger partial charge in [-0.3, -0.25) is 14.7 Å². The maximum absolute atomic E-state index is 12.4. The molecule has 0 unspecified atom stereocenters. The van der Waals surface area contributed by atoms with Crippen LogP contribution in [0.4, 0.5) is 0 Å². The summed E-state index contributed by atoms with van der Waals surface area (Å²) in [7, 11) is 1.72. The number of aliphatic imine (C=N–C) groups is 1. The molecule has 1 heterocycles. The summed E-state index contributed by atoms with van der Waals surface area (Å²) in [6.07, 6.45) is 4.27. The van der Waals surface area contributed by atoms with Gasteiger partial charge in [0.2, 0.25) is 5.91 Å². The molecule has 172 valence electrons. The molecule has 1 aromatic rings. The quantitative estimate of drug-likeness (QED) is 0.464. The van der Waals surface area contributed by atoms with Crippen LogP contribution in [0.5, 0.6) is 5.75 Å². The van der Waals surface area contributed by atoms with Crippen molar-refractivity contribution in [3.8, 4) is 5.75 Å². The van der Waals surface area contributed by atoms with Crippen LogP contribution >= 0.6 is 0 Å². The van der Waals surface area contributed by atoms with E-state index in [-0.39, 0.29) is 0 Å². The second-order valence-electron chi connectivity index (χ2n) is 8.55. The number of guanidine groups is 1. The highest BCUT2D eigenvalue weighted by Crippen LogP contribution is 2.28. The molecule has 2 N–H and O–H groups in total. The van der Waals surface area contributed by atoms with Crippen molar-refractivity contribution >= 4 is 11.9 Å². The number of nitrogens with zero attached hydrogens (tertiary/aromatic N) is 3. The Morgan fingerprint density at radius 2 is 1.97 bits per heavy atom. The first-order valence-corrected chi connectivity index (χ1v) is 11.8. The summed E-state index contributed by atoms with van der Waals surface area (Å²) in [6.45, 7) is 11.1. The average molecular weight is 430 g/mol. The highest BCUT2D eigenvalue weighted by atomic mass is 16.5. The van der Waals surface area contributed by atoms with Gasteiger partial charge in [-0.2, -0.15) is 0 Å². The molecule has 0 spiro atoms. The maximum atomic E-state index is 12.4. The van der Waals surface area contributed by atoms with E-state index in [1.165, 1.54) is 17.5 Å². The Hall–Kier alpha value is -2.28. The van der Waals surface area contributed by atoms with Crippen LogP contribution in [0.25, 0.3) is 0 Å². The van der Waals surface area contributed by atoms with Crippen LogP contribution in [0.15, 0.2) is 23.2 Å². The van der Waals surface area contributed by atoms with Gasteiger partial charge >= 0.3 is 0 Å². The molecule has 0 atom stereocenters. The van der Waals surface area contributed by atoms with Crippen LogP contribution in [-0.2, 0) is 11.2 Å². The zero-order chi connectivity index (χ0) is 22.1. The van der Waals surface area contributed by atoms with E-state index in [2.05, 4.69) is 46.4 Å². The van der Waals surface area contributed by atoms with E-state index in [1.54, 1.807) is 7.11 Å². The van der Waals surface area contributed by atoms with Crippen molar-refractivity contribution in [2.24, 2.45) is 10.9 Å². The minimum Gasteiger partial charge on any atom is -0.496 e. The van der Waals surface area contributed by atoms with Gasteiger partial charge in [-0.05, 0) is 44.7 Å². The molecule has 1 saturated heterocycles. The minimum atomic E-state index is 0.310. The predicted octanol–water partition coefficient (Wildman–Crippen LogP) is 2.05. The molecule has 0 radical (unpaired) electrons. The Kier molecular flexibility index (Phi) is 9.00. The molecule has 7 heteroatoms. The van der Waals surface area contributed by atoms with E-state index in [1.807, 2.05) is 6.07 Å². The Bertz CT molecular complexity index is 739. The lowest BCUT2D eigenvalue weighted by molar-refractivity contribution is -0.139. The summed E-state index contributed by atoms with van der Waals surface area (Å²) in [6, 6.07) is 6.29. The summed E-state index contributed by atoms with van der Waals surface area (Å²) in [5.41, 5.74) is 2.45. The molecule has 1 saturated carbocycles. The Morgan fingerprint density at radius 3 is 2.61 bits per heavy atom. The monoisotopic (exact) mass is 429 g/mol. The van der Waals surface area contributed by atoms with E-state index in [9.17, 15) is 4.79 Å². The second kappa shape index (κ2) is 11.9. The fourth-order valence-electron chi connectivity index (χ4n) is 4.17. The number of rotatable bonds is 9. The highest BCUT2D eigenvalue weighted by Gasteiger charge is 2.30. The van der Waals surface area contributed by atoms with Crippen LogP contribution in [0, 0.1) is 12.8 Å². The van der Waals surface area contributed by atoms with Crippen LogP contribution in [-0.4, -0.2) is 81.1 Å². The Morgan fingerprint density at radius 1 is 1.19 bits per heavy atom. The lowest BCUT2D eigenvalue weighted by atomic mass is 9.84. The molecule has 1 aromatic carbocycles. The van der Waals surface area contributed by atoms with Crippen molar-refractivity contribution in [1.82, 2.24) is 20.4 Å². The Labute approximate surface area is 187 Å². The molecular weight excluding hydrogens is 390 g/mol. The number of aryl methyl sites for hydroxylation is 1. The van der Waals surface area contributed by atoms with E-state index >= 15 is 0 Å². The maximum Gasteiger partial charge on any atom is 0.225 e. The van der Waals surface area contributed by atoms with Gasteiger partial charge in [-0.1, -0.05) is 24.1 Å². The number of carbonyl (C=O) groups excluding carboxylic acids is 1. The van der Waals surface area contributed by atoms with Gasteiger partial charge in [0.15, 0.2) is 5.96 Å². The molecule has 2 aliphatic rings. The minimum absolute atomic E-state index is 0.310. The number of benzene rings is 1. The Balaban J connectivity index is 1.39. The van der Waals surface area contributed by atoms with Gasteiger partial charge in [0.05, 0.1) is 13.7 Å². The van der Waals surface area contributed by atoms with E-state index < -0.39 is 0 Å². The molecule has 1 amide bonds. The van der Waals surface area contributed by atoms with Crippen molar-refractivity contribution in [2.45, 2.75) is 39.5 Å². The van der Waals surface area contributed by atoms with Gasteiger partial charge in [0.1, 0.15) is 5.75 Å². The highest BCUT2D eigenvalue weighted by molar-refractivity contribution is 5.80. The molecule has 0 bridgehead atoms. The number of amides is 1. The van der Waals surface area contributed by atoms with Gasteiger partial charge in [-0.25, -0.2) is 0 Å². The summed E-state index contributed by atoms with van der Waals surface area (Å²) in [5, 5.41) is 6.77. The fraction of sp³-hybridized carbons (Fsp3) is 0.667. The number of methoxy groups -OCH3 is 1. The third kappa shape index (κ3) is 6.86. The van der Waals surface area contributed by atoms with Gasteiger partial charge in [0.25, 0.3) is 0 Å². The first-order valence-electron chi connectivity index (χ1n) is 11.8. The van der Waals surface area contributed by atoms with Gasteiger partial charge in [0, 0.05) is 51.7 Å². The number of piperazine rings is 1. The third-order valence-electron chi connectivity index (χ3n) is 6.29. The first-order chi connectivity index (χ1) is 15.1. The molecule has 7 nitrogen and oxygen atoms in total. The summed E-state index contributed by atoms with van der Waals surface area (Å²) in [5.74, 6) is 2.48. The zero-order valence-electron chi connectivity index (χ0n) is 19.5. The summed E-state index contributed by atoms with van der Waals surface area (Å²) < 4.78 is 5.48. The van der Waals surface area contributed by atoms with Crippen LogP contribution in [0.1, 0.15) is 37.3 Å². The average Bonchev–Trinajstić information content (AvgIpc) is 2.73. The second-order valence-corrected chi connectivity index (χ2v) is 8.55. The number of hydrogen-bond acceptors (Lipinski definition) is 4. The zero-order valence-corrected chi connectivity index (χ0v) is 19.5. The topological polar surface area (TPSA) is 69.2 Å². The summed E-state index contributed by atoms with van der Waals surface area (Å²) >= 11 is 0. The number of carbonyl (C=O) groups is 1. The molecular formula is C24H39N5O2. The number of hydrogen-bond donors (Lipinski definition) is 2. The van der Waals surface area contributed by atoms with E-state index in [4.69, 9.17) is 9.73 Å². The van der Waals surface area contributed by atoms with Gasteiger partial charge < -0.3 is 20.3 Å². The first kappa shape index (κ1) is 23.4. The molecule has 1 aliphatic heterocycles. The van der Waals surface area contributed by atoms with E-state index in [0.29, 0.717) is 11.8 Å². The van der Waals surface area contributed by atoms with Crippen LogP contribution < -0.4 is 15.4 Å². The van der Waals surface area contributed by atoms with Crippen molar-refractivity contribution in [2.75, 3.05) is 59.5 Å². The lowest BCUT2D eigenvalue weighted by Gasteiger charge is -2.38. The van der Waals surface area contributed by atoms with Crippen molar-refractivity contribution in [1.29, 1.82) is 0 Å². The lowest BCUT2D eigenvalue weighted by Crippen LogP contribution is -2.51. The largest absolute Gasteiger partial charge is 0.496 e. The van der Waals surface area contributed by atoms with Crippen LogP contribution in [0.2, 0.25) is 0 Å². The van der Waals surface area contributed by atoms with Gasteiger partial charge in [-0.15, -0.1) is 0 Å². The number of ether oxygens (including phenoxy) is 1. The number of nitrogens with one attached hydrogen (secondary N) is 2. The smallest absolute Gasteiger partial charge is 0.225 e. The van der Waals surface area contributed by atoms with Crippen molar-refractivity contribution in [3.63, 3.8) is 0 Å². The molecule has 1 aliphatic carbocycles. The predicted molar refractivity (Wildman–Crippen MR) is 126 cm³/mol. The fourth-order valence-corrected chi connectivity index (χ4v) is 4.17. The normalized spacial score (nSPS) is 17.9. The summed E-state index contributed by atoms with van der Waals surface area (Å²) in [4.78, 5) is 21.6. The molecule has 0 aromatic heterocycles. The van der Waals surface area contributed by atoms with Crippen LogP contribution in [0.3, 0.4) is 0 Å². The van der Waals surface area contributed by atoms with Crippen molar-refractivity contribution < 1.29 is 9.53 Å². The molecule has 3 rings (SSSR count). The third-order valence-corrected chi connectivity index (χ3v) is 6.29. The molecule has 31 heavy (non-hydrogen) atoms. The standard InChI is InChI=1S/C24H39N5O2/c1-4-25-24(26-11-10-21-18-19(2)8-9-22(21)31-3)27-12-13-28-14-16-29(17-15-28)23(30)20-6-5-7-20/h8-9,18,20H,4-7,10-17H2,1-3H3,(H2,25,26,27). The van der Waals surface area contributed by atoms with Crippen molar-refractivity contribution in [3.05, 3.63) is 29.3 Å².